The Morgan fingerprint density at radius 3 is 2.20 bits per heavy atom. The van der Waals surface area contributed by atoms with E-state index in [9.17, 15) is 0 Å². The Morgan fingerprint density at radius 1 is 0.840 bits per heavy atom. The lowest BCUT2D eigenvalue weighted by atomic mass is 10.1. The molecule has 2 aromatic carbocycles. The van der Waals surface area contributed by atoms with Crippen LogP contribution in [0.15, 0.2) is 66.9 Å². The van der Waals surface area contributed by atoms with Gasteiger partial charge in [0.1, 0.15) is 17.3 Å². The van der Waals surface area contributed by atoms with Crippen molar-refractivity contribution in [3.05, 3.63) is 66.9 Å². The number of ether oxygens (including phenoxy) is 1. The summed E-state index contributed by atoms with van der Waals surface area (Å²) >= 11 is 0. The number of hydrogen-bond acceptors (Lipinski definition) is 5. The van der Waals surface area contributed by atoms with Crippen molar-refractivity contribution in [3.63, 3.8) is 0 Å². The summed E-state index contributed by atoms with van der Waals surface area (Å²) < 4.78 is 5.79. The van der Waals surface area contributed by atoms with E-state index in [0.717, 1.165) is 23.0 Å². The molecule has 2 N–H and O–H groups in total. The molecule has 0 amide bonds. The highest BCUT2D eigenvalue weighted by molar-refractivity contribution is 5.56. The van der Waals surface area contributed by atoms with E-state index in [4.69, 9.17) is 4.74 Å². The van der Waals surface area contributed by atoms with Crippen molar-refractivity contribution < 1.29 is 4.74 Å². The van der Waals surface area contributed by atoms with Crippen LogP contribution in [0.2, 0.25) is 0 Å². The van der Waals surface area contributed by atoms with Gasteiger partial charge in [-0.15, -0.1) is 0 Å². The van der Waals surface area contributed by atoms with Gasteiger partial charge < -0.3 is 15.4 Å². The van der Waals surface area contributed by atoms with Crippen LogP contribution in [0, 0.1) is 0 Å². The van der Waals surface area contributed by atoms with Crippen LogP contribution in [0.4, 0.5) is 17.5 Å². The first-order chi connectivity index (χ1) is 12.0. The molecule has 0 atom stereocenters. The second-order valence-electron chi connectivity index (χ2n) is 6.70. The highest BCUT2D eigenvalue weighted by Gasteiger charge is 2.10. The Hall–Kier alpha value is -3.08. The summed E-state index contributed by atoms with van der Waals surface area (Å²) in [6, 6.07) is 19.2. The number of para-hydroxylation sites is 1. The molecule has 0 unspecified atom stereocenters. The molecule has 25 heavy (non-hydrogen) atoms. The van der Waals surface area contributed by atoms with Crippen molar-refractivity contribution in [3.8, 4) is 11.5 Å². The molecule has 5 nitrogen and oxygen atoms in total. The van der Waals surface area contributed by atoms with Gasteiger partial charge in [0.25, 0.3) is 0 Å². The van der Waals surface area contributed by atoms with Gasteiger partial charge in [0, 0.05) is 17.4 Å². The number of hydrogen-bond donors (Lipinski definition) is 2. The normalized spacial score (nSPS) is 11.0. The third kappa shape index (κ3) is 5.21. The number of benzene rings is 2. The molecule has 3 aromatic rings. The summed E-state index contributed by atoms with van der Waals surface area (Å²) in [4.78, 5) is 8.74. The van der Waals surface area contributed by atoms with Crippen molar-refractivity contribution in [2.24, 2.45) is 0 Å². The SMILES string of the molecule is CC(C)(C)Nc1ccnc(Nc2ccc(Oc3ccccc3)cc2)n1. The molecule has 0 saturated carbocycles. The van der Waals surface area contributed by atoms with Gasteiger partial charge in [0.2, 0.25) is 5.95 Å². The van der Waals surface area contributed by atoms with Gasteiger partial charge in [-0.1, -0.05) is 18.2 Å². The standard InChI is InChI=1S/C20H22N4O/c1-20(2,3)24-18-13-14-21-19(23-18)22-15-9-11-17(12-10-15)25-16-7-5-4-6-8-16/h4-14H,1-3H3,(H2,21,22,23,24). The molecular formula is C20H22N4O. The minimum absolute atomic E-state index is 0.0535. The molecule has 128 valence electrons. The first-order valence-corrected chi connectivity index (χ1v) is 8.19. The second-order valence-corrected chi connectivity index (χ2v) is 6.70. The highest BCUT2D eigenvalue weighted by Crippen LogP contribution is 2.24. The monoisotopic (exact) mass is 334 g/mol. The first kappa shape index (κ1) is 16.8. The Bertz CT molecular complexity index is 811. The number of rotatable bonds is 5. The van der Waals surface area contributed by atoms with E-state index in [2.05, 4.69) is 41.4 Å². The first-order valence-electron chi connectivity index (χ1n) is 8.19. The molecule has 0 fully saturated rings. The predicted octanol–water partition coefficient (Wildman–Crippen LogP) is 5.22. The molecule has 0 saturated heterocycles. The zero-order valence-electron chi connectivity index (χ0n) is 14.7. The van der Waals surface area contributed by atoms with E-state index >= 15 is 0 Å². The van der Waals surface area contributed by atoms with Gasteiger partial charge in [0.15, 0.2) is 0 Å². The Balaban J connectivity index is 1.66. The van der Waals surface area contributed by atoms with Crippen molar-refractivity contribution >= 4 is 17.5 Å². The maximum atomic E-state index is 5.79. The van der Waals surface area contributed by atoms with Crippen molar-refractivity contribution in [2.45, 2.75) is 26.3 Å². The van der Waals surface area contributed by atoms with Gasteiger partial charge in [0.05, 0.1) is 0 Å². The third-order valence-corrected chi connectivity index (χ3v) is 3.25. The fourth-order valence-corrected chi connectivity index (χ4v) is 2.23. The van der Waals surface area contributed by atoms with E-state index < -0.39 is 0 Å². The lowest BCUT2D eigenvalue weighted by molar-refractivity contribution is 0.483. The zero-order chi connectivity index (χ0) is 17.7. The van der Waals surface area contributed by atoms with Gasteiger partial charge in [-0.2, -0.15) is 4.98 Å². The minimum atomic E-state index is -0.0535. The number of nitrogens with one attached hydrogen (secondary N) is 2. The van der Waals surface area contributed by atoms with E-state index in [0.29, 0.717) is 5.95 Å². The lowest BCUT2D eigenvalue weighted by Gasteiger charge is -2.21. The quantitative estimate of drug-likeness (QED) is 0.669. The second kappa shape index (κ2) is 7.21. The van der Waals surface area contributed by atoms with Crippen molar-refractivity contribution in [2.75, 3.05) is 10.6 Å². The minimum Gasteiger partial charge on any atom is -0.457 e. The summed E-state index contributed by atoms with van der Waals surface area (Å²) in [5.41, 5.74) is 0.843. The van der Waals surface area contributed by atoms with Crippen LogP contribution in [-0.4, -0.2) is 15.5 Å². The maximum absolute atomic E-state index is 5.79. The van der Waals surface area contributed by atoms with Crippen LogP contribution >= 0.6 is 0 Å². The highest BCUT2D eigenvalue weighted by atomic mass is 16.5. The topological polar surface area (TPSA) is 59.1 Å². The number of nitrogens with zero attached hydrogens (tertiary/aromatic N) is 2. The molecule has 0 spiro atoms. The third-order valence-electron chi connectivity index (χ3n) is 3.25. The summed E-state index contributed by atoms with van der Waals surface area (Å²) in [6.45, 7) is 6.27. The smallest absolute Gasteiger partial charge is 0.229 e. The maximum Gasteiger partial charge on any atom is 0.229 e. The molecule has 0 aliphatic rings. The molecule has 3 rings (SSSR count). The van der Waals surface area contributed by atoms with E-state index in [1.807, 2.05) is 60.7 Å². The summed E-state index contributed by atoms with van der Waals surface area (Å²) in [5, 5.41) is 6.54. The van der Waals surface area contributed by atoms with Crippen LogP contribution in [0.3, 0.4) is 0 Å². The molecular weight excluding hydrogens is 312 g/mol. The van der Waals surface area contributed by atoms with Gasteiger partial charge in [-0.05, 0) is 63.2 Å². The molecule has 0 aliphatic heterocycles. The number of aromatic nitrogens is 2. The largest absolute Gasteiger partial charge is 0.457 e. The van der Waals surface area contributed by atoms with Crippen LogP contribution in [0.1, 0.15) is 20.8 Å². The average molecular weight is 334 g/mol. The Morgan fingerprint density at radius 2 is 1.52 bits per heavy atom. The summed E-state index contributed by atoms with van der Waals surface area (Å²) in [7, 11) is 0. The van der Waals surface area contributed by atoms with Gasteiger partial charge >= 0.3 is 0 Å². The van der Waals surface area contributed by atoms with Crippen LogP contribution in [0.25, 0.3) is 0 Å². The van der Waals surface area contributed by atoms with Crippen LogP contribution < -0.4 is 15.4 Å². The molecule has 1 aromatic heterocycles. The molecule has 0 radical (unpaired) electrons. The molecule has 1 heterocycles. The van der Waals surface area contributed by atoms with Crippen LogP contribution in [-0.2, 0) is 0 Å². The van der Waals surface area contributed by atoms with Crippen molar-refractivity contribution in [1.29, 1.82) is 0 Å². The van der Waals surface area contributed by atoms with Crippen molar-refractivity contribution in [1.82, 2.24) is 9.97 Å². The zero-order valence-corrected chi connectivity index (χ0v) is 14.7. The lowest BCUT2D eigenvalue weighted by Crippen LogP contribution is -2.26. The van der Waals surface area contributed by atoms with E-state index in [1.54, 1.807) is 6.20 Å². The molecule has 0 aliphatic carbocycles. The van der Waals surface area contributed by atoms with Crippen LogP contribution in [0.5, 0.6) is 11.5 Å². The molecule has 5 heteroatoms. The predicted molar refractivity (Wildman–Crippen MR) is 102 cm³/mol. The Labute approximate surface area is 148 Å². The van der Waals surface area contributed by atoms with Gasteiger partial charge in [-0.3, -0.25) is 0 Å². The summed E-state index contributed by atoms with van der Waals surface area (Å²) in [5.74, 6) is 2.92. The average Bonchev–Trinajstić information content (AvgIpc) is 2.56. The fraction of sp³-hybridized carbons (Fsp3) is 0.200. The number of anilines is 3. The Kier molecular flexibility index (Phi) is 4.84. The van der Waals surface area contributed by atoms with Gasteiger partial charge in [-0.25, -0.2) is 4.98 Å². The fourth-order valence-electron chi connectivity index (χ4n) is 2.23. The van der Waals surface area contributed by atoms with E-state index in [-0.39, 0.29) is 5.54 Å². The molecule has 0 bridgehead atoms. The summed E-state index contributed by atoms with van der Waals surface area (Å²) in [6.07, 6.45) is 1.73. The van der Waals surface area contributed by atoms with E-state index in [1.165, 1.54) is 0 Å².